The molecule has 0 atom stereocenters. The number of carbonyl (C=O) groups excluding carboxylic acids is 2. The van der Waals surface area contributed by atoms with Crippen molar-refractivity contribution in [2.45, 2.75) is 6.92 Å². The van der Waals surface area contributed by atoms with Crippen LogP contribution in [0.3, 0.4) is 0 Å². The lowest BCUT2D eigenvalue weighted by molar-refractivity contribution is -0.139. The molecule has 1 N–H and O–H groups in total. The van der Waals surface area contributed by atoms with Crippen molar-refractivity contribution in [3.63, 3.8) is 0 Å². The van der Waals surface area contributed by atoms with Crippen molar-refractivity contribution in [2.24, 2.45) is 0 Å². The highest BCUT2D eigenvalue weighted by Gasteiger charge is 2.14. The summed E-state index contributed by atoms with van der Waals surface area (Å²) in [4.78, 5) is 23.2. The van der Waals surface area contributed by atoms with E-state index < -0.39 is 0 Å². The number of amides is 1. The van der Waals surface area contributed by atoms with Gasteiger partial charge in [-0.25, -0.2) is 0 Å². The average molecular weight is 397 g/mol. The normalized spacial score (nSPS) is 10.3. The lowest BCUT2D eigenvalue weighted by atomic mass is 10.2. The fourth-order valence-electron chi connectivity index (χ4n) is 1.94. The van der Waals surface area contributed by atoms with Gasteiger partial charge in [-0.15, -0.1) is 22.0 Å². The summed E-state index contributed by atoms with van der Waals surface area (Å²) >= 11 is 2.41. The van der Waals surface area contributed by atoms with E-state index in [-0.39, 0.29) is 23.4 Å². The molecule has 0 aliphatic carbocycles. The van der Waals surface area contributed by atoms with Crippen LogP contribution in [0.15, 0.2) is 18.2 Å². The van der Waals surface area contributed by atoms with Crippen LogP contribution in [-0.4, -0.2) is 54.4 Å². The number of methoxy groups -OCH3 is 2. The smallest absolute Gasteiger partial charge is 0.315 e. The Hall–Kier alpha value is -2.33. The van der Waals surface area contributed by atoms with Crippen LogP contribution < -0.4 is 14.8 Å². The predicted molar refractivity (Wildman–Crippen MR) is 101 cm³/mol. The van der Waals surface area contributed by atoms with Crippen LogP contribution in [0.4, 0.5) is 5.13 Å². The van der Waals surface area contributed by atoms with Crippen molar-refractivity contribution in [3.05, 3.63) is 18.2 Å². The molecule has 0 saturated carbocycles. The molecule has 1 amide bonds. The lowest BCUT2D eigenvalue weighted by Gasteiger charge is -2.07. The molecular weight excluding hydrogens is 378 g/mol. The first-order valence-electron chi connectivity index (χ1n) is 7.66. The molecule has 0 spiro atoms. The molecule has 0 bridgehead atoms. The minimum Gasteiger partial charge on any atom is -0.497 e. The van der Waals surface area contributed by atoms with Gasteiger partial charge in [0.25, 0.3) is 0 Å². The van der Waals surface area contributed by atoms with E-state index in [2.05, 4.69) is 15.5 Å². The van der Waals surface area contributed by atoms with Gasteiger partial charge < -0.3 is 14.2 Å². The third-order valence-corrected chi connectivity index (χ3v) is 4.85. The topological polar surface area (TPSA) is 99.6 Å². The van der Waals surface area contributed by atoms with Crippen LogP contribution >= 0.6 is 23.1 Å². The first-order chi connectivity index (χ1) is 12.6. The number of ether oxygens (including phenoxy) is 3. The van der Waals surface area contributed by atoms with Gasteiger partial charge in [0.05, 0.1) is 37.9 Å². The van der Waals surface area contributed by atoms with Gasteiger partial charge in [0.15, 0.2) is 5.01 Å². The largest absolute Gasteiger partial charge is 0.497 e. The number of nitrogens with one attached hydrogen (secondary N) is 1. The Morgan fingerprint density at radius 1 is 1.19 bits per heavy atom. The number of hydrogen-bond acceptors (Lipinski definition) is 9. The first kappa shape index (κ1) is 20.0. The Morgan fingerprint density at radius 3 is 2.69 bits per heavy atom. The fourth-order valence-corrected chi connectivity index (χ4v) is 3.34. The molecule has 0 aliphatic heterocycles. The van der Waals surface area contributed by atoms with Crippen molar-refractivity contribution in [3.8, 4) is 22.1 Å². The van der Waals surface area contributed by atoms with Crippen LogP contribution in [-0.2, 0) is 14.3 Å². The molecule has 0 radical (unpaired) electrons. The highest BCUT2D eigenvalue weighted by molar-refractivity contribution is 8.00. The molecule has 10 heteroatoms. The summed E-state index contributed by atoms with van der Waals surface area (Å²) in [6, 6.07) is 5.36. The predicted octanol–water partition coefficient (Wildman–Crippen LogP) is 2.46. The van der Waals surface area contributed by atoms with E-state index in [9.17, 15) is 9.59 Å². The molecule has 1 aromatic carbocycles. The van der Waals surface area contributed by atoms with Crippen molar-refractivity contribution in [1.29, 1.82) is 0 Å². The van der Waals surface area contributed by atoms with E-state index in [0.717, 1.165) is 5.56 Å². The molecule has 0 unspecified atom stereocenters. The summed E-state index contributed by atoms with van der Waals surface area (Å²) in [6.45, 7) is 2.06. The molecule has 2 aromatic rings. The Bertz CT molecular complexity index is 766. The quantitative estimate of drug-likeness (QED) is 0.644. The maximum Gasteiger partial charge on any atom is 0.315 e. The van der Waals surface area contributed by atoms with E-state index in [1.54, 1.807) is 33.3 Å². The molecule has 1 heterocycles. The molecule has 0 fully saturated rings. The highest BCUT2D eigenvalue weighted by Crippen LogP contribution is 2.35. The number of benzene rings is 1. The summed E-state index contributed by atoms with van der Waals surface area (Å²) in [5.74, 6) is 0.926. The van der Waals surface area contributed by atoms with Gasteiger partial charge in [0, 0.05) is 6.07 Å². The molecule has 2 rings (SSSR count). The van der Waals surface area contributed by atoms with Gasteiger partial charge >= 0.3 is 5.97 Å². The van der Waals surface area contributed by atoms with Crippen LogP contribution in [0.1, 0.15) is 6.92 Å². The number of carbonyl (C=O) groups is 2. The minimum absolute atomic E-state index is 0.125. The lowest BCUT2D eigenvalue weighted by Crippen LogP contribution is -2.16. The van der Waals surface area contributed by atoms with Crippen molar-refractivity contribution in [1.82, 2.24) is 10.2 Å². The fraction of sp³-hybridized carbons (Fsp3) is 0.375. The van der Waals surface area contributed by atoms with E-state index in [4.69, 9.17) is 14.2 Å². The van der Waals surface area contributed by atoms with Gasteiger partial charge in [-0.2, -0.15) is 0 Å². The summed E-state index contributed by atoms with van der Waals surface area (Å²) in [5, 5.41) is 11.7. The van der Waals surface area contributed by atoms with Gasteiger partial charge in [0.2, 0.25) is 11.0 Å². The Labute approximate surface area is 159 Å². The molecule has 26 heavy (non-hydrogen) atoms. The second-order valence-corrected chi connectivity index (χ2v) is 6.79. The number of rotatable bonds is 9. The zero-order valence-corrected chi connectivity index (χ0v) is 16.2. The van der Waals surface area contributed by atoms with Gasteiger partial charge in [-0.1, -0.05) is 11.3 Å². The van der Waals surface area contributed by atoms with E-state index in [0.29, 0.717) is 28.2 Å². The SMILES string of the molecule is CCOC(=O)CSCC(=O)Nc1nnc(-c2ccc(OC)cc2OC)s1. The van der Waals surface area contributed by atoms with Gasteiger partial charge in [-0.05, 0) is 19.1 Å². The van der Waals surface area contributed by atoms with Gasteiger partial charge in [-0.3, -0.25) is 14.9 Å². The standard InChI is InChI=1S/C16H19N3O5S2/c1-4-24-14(21)9-25-8-13(20)17-16-19-18-15(26-16)11-6-5-10(22-2)7-12(11)23-3/h5-7H,4,8-9H2,1-3H3,(H,17,19,20). The summed E-state index contributed by atoms with van der Waals surface area (Å²) in [5.41, 5.74) is 0.753. The molecule has 1 aromatic heterocycles. The highest BCUT2D eigenvalue weighted by atomic mass is 32.2. The zero-order valence-electron chi connectivity index (χ0n) is 14.6. The molecule has 0 saturated heterocycles. The maximum absolute atomic E-state index is 11.9. The van der Waals surface area contributed by atoms with Crippen molar-refractivity contribution < 1.29 is 23.8 Å². The first-order valence-corrected chi connectivity index (χ1v) is 9.63. The van der Waals surface area contributed by atoms with Gasteiger partial charge in [0.1, 0.15) is 11.5 Å². The molecule has 8 nitrogen and oxygen atoms in total. The Balaban J connectivity index is 1.95. The van der Waals surface area contributed by atoms with Crippen LogP contribution in [0.5, 0.6) is 11.5 Å². The van der Waals surface area contributed by atoms with Crippen LogP contribution in [0, 0.1) is 0 Å². The second kappa shape index (κ2) is 9.97. The molecule has 0 aliphatic rings. The second-order valence-electron chi connectivity index (χ2n) is 4.82. The zero-order chi connectivity index (χ0) is 18.9. The Morgan fingerprint density at radius 2 is 2.00 bits per heavy atom. The number of hydrogen-bond donors (Lipinski definition) is 1. The van der Waals surface area contributed by atoms with E-state index >= 15 is 0 Å². The van der Waals surface area contributed by atoms with Crippen molar-refractivity contribution in [2.75, 3.05) is 37.6 Å². The number of esters is 1. The Kier molecular flexibility index (Phi) is 7.67. The summed E-state index contributed by atoms with van der Waals surface area (Å²) in [6.07, 6.45) is 0. The summed E-state index contributed by atoms with van der Waals surface area (Å²) in [7, 11) is 3.13. The van der Waals surface area contributed by atoms with Crippen molar-refractivity contribution >= 4 is 40.1 Å². The van der Waals surface area contributed by atoms with Crippen LogP contribution in [0.2, 0.25) is 0 Å². The van der Waals surface area contributed by atoms with Crippen LogP contribution in [0.25, 0.3) is 10.6 Å². The van der Waals surface area contributed by atoms with E-state index in [1.807, 2.05) is 6.07 Å². The molecule has 140 valence electrons. The average Bonchev–Trinajstić information content (AvgIpc) is 3.09. The third-order valence-electron chi connectivity index (χ3n) is 3.07. The van der Waals surface area contributed by atoms with E-state index in [1.165, 1.54) is 23.1 Å². The number of thioether (sulfide) groups is 1. The third kappa shape index (κ3) is 5.60. The minimum atomic E-state index is -0.338. The number of nitrogens with zero attached hydrogens (tertiary/aromatic N) is 2. The number of anilines is 1. The molecular formula is C16H19N3O5S2. The maximum atomic E-state index is 11.9. The summed E-state index contributed by atoms with van der Waals surface area (Å²) < 4.78 is 15.3. The monoisotopic (exact) mass is 397 g/mol. The number of aromatic nitrogens is 2.